The second kappa shape index (κ2) is 6.56. The summed E-state index contributed by atoms with van der Waals surface area (Å²) in [6.45, 7) is 0. The Morgan fingerprint density at radius 1 is 1.25 bits per heavy atom. The first-order valence-electron chi connectivity index (χ1n) is 6.75. The van der Waals surface area contributed by atoms with Gasteiger partial charge >= 0.3 is 0 Å². The van der Waals surface area contributed by atoms with Gasteiger partial charge in [-0.1, -0.05) is 0 Å². The van der Waals surface area contributed by atoms with Gasteiger partial charge in [-0.2, -0.15) is 0 Å². The topological polar surface area (TPSA) is 73.6 Å². The maximum atomic E-state index is 10.8. The van der Waals surface area contributed by atoms with Crippen LogP contribution in [0.25, 0.3) is 0 Å². The molecule has 0 aromatic heterocycles. The zero-order chi connectivity index (χ0) is 14.5. The number of non-ortho nitro benzene ring substituents is 1. The Morgan fingerprint density at radius 2 is 1.95 bits per heavy atom. The minimum absolute atomic E-state index is 0.0684. The van der Waals surface area contributed by atoms with Crippen LogP contribution in [0.3, 0.4) is 0 Å². The number of hydrogen-bond acceptors (Lipinski definition) is 5. The fourth-order valence-electron chi connectivity index (χ4n) is 2.59. The molecule has 0 bridgehead atoms. The van der Waals surface area contributed by atoms with Crippen LogP contribution in [-0.4, -0.2) is 31.3 Å². The third-order valence-electron chi connectivity index (χ3n) is 3.76. The lowest BCUT2D eigenvalue weighted by Crippen LogP contribution is -2.29. The Morgan fingerprint density at radius 3 is 2.50 bits per heavy atom. The van der Waals surface area contributed by atoms with E-state index in [4.69, 9.17) is 9.47 Å². The maximum absolute atomic E-state index is 10.8. The molecule has 2 rings (SSSR count). The van der Waals surface area contributed by atoms with Gasteiger partial charge in [-0.25, -0.2) is 0 Å². The van der Waals surface area contributed by atoms with Crippen molar-refractivity contribution in [1.82, 2.24) is 0 Å². The summed E-state index contributed by atoms with van der Waals surface area (Å²) in [6, 6.07) is 4.91. The third-order valence-corrected chi connectivity index (χ3v) is 3.76. The van der Waals surface area contributed by atoms with Crippen molar-refractivity contribution in [1.29, 1.82) is 0 Å². The van der Waals surface area contributed by atoms with Crippen LogP contribution < -0.4 is 10.1 Å². The Labute approximate surface area is 118 Å². The van der Waals surface area contributed by atoms with Crippen LogP contribution in [-0.2, 0) is 4.74 Å². The monoisotopic (exact) mass is 280 g/mol. The molecule has 1 N–H and O–H groups in total. The molecule has 0 spiro atoms. The van der Waals surface area contributed by atoms with Gasteiger partial charge in [0.05, 0.1) is 23.8 Å². The highest BCUT2D eigenvalue weighted by molar-refractivity contribution is 5.62. The SMILES string of the molecule is COc1ccc([N+](=O)[O-])cc1NC1CCC(OC)CC1. The zero-order valence-electron chi connectivity index (χ0n) is 11.8. The van der Waals surface area contributed by atoms with Crippen molar-refractivity contribution in [3.63, 3.8) is 0 Å². The van der Waals surface area contributed by atoms with Gasteiger partial charge in [-0.15, -0.1) is 0 Å². The van der Waals surface area contributed by atoms with E-state index in [1.165, 1.54) is 12.1 Å². The molecule has 1 aromatic rings. The molecule has 0 heterocycles. The van der Waals surface area contributed by atoms with Crippen LogP contribution in [0.2, 0.25) is 0 Å². The first-order chi connectivity index (χ1) is 9.63. The van der Waals surface area contributed by atoms with Gasteiger partial charge in [0.25, 0.3) is 5.69 Å². The molecule has 1 aromatic carbocycles. The summed E-state index contributed by atoms with van der Waals surface area (Å²) in [5, 5.41) is 14.2. The first kappa shape index (κ1) is 14.6. The molecule has 0 atom stereocenters. The molecular weight excluding hydrogens is 260 g/mol. The molecule has 110 valence electrons. The maximum Gasteiger partial charge on any atom is 0.271 e. The predicted molar refractivity (Wildman–Crippen MR) is 76.3 cm³/mol. The molecule has 0 unspecified atom stereocenters. The quantitative estimate of drug-likeness (QED) is 0.663. The van der Waals surface area contributed by atoms with Crippen LogP contribution in [0.4, 0.5) is 11.4 Å². The number of nitro groups is 1. The summed E-state index contributed by atoms with van der Waals surface area (Å²) in [5.41, 5.74) is 0.751. The lowest BCUT2D eigenvalue weighted by Gasteiger charge is -2.29. The molecule has 0 saturated heterocycles. The second-order valence-electron chi connectivity index (χ2n) is 5.00. The minimum Gasteiger partial charge on any atom is -0.495 e. The molecular formula is C14H20N2O4. The first-order valence-corrected chi connectivity index (χ1v) is 6.75. The van der Waals surface area contributed by atoms with Gasteiger partial charge in [-0.3, -0.25) is 10.1 Å². The summed E-state index contributed by atoms with van der Waals surface area (Å²) < 4.78 is 10.6. The fourth-order valence-corrected chi connectivity index (χ4v) is 2.59. The van der Waals surface area contributed by atoms with Gasteiger partial charge in [0, 0.05) is 25.3 Å². The van der Waals surface area contributed by atoms with Gasteiger partial charge in [0.2, 0.25) is 0 Å². The molecule has 0 aliphatic heterocycles. The number of rotatable bonds is 5. The fraction of sp³-hybridized carbons (Fsp3) is 0.571. The number of ether oxygens (including phenoxy) is 2. The van der Waals surface area contributed by atoms with E-state index in [2.05, 4.69) is 5.32 Å². The Bertz CT molecular complexity index is 470. The number of anilines is 1. The highest BCUT2D eigenvalue weighted by Crippen LogP contribution is 2.32. The van der Waals surface area contributed by atoms with Crippen LogP contribution in [0.1, 0.15) is 25.7 Å². The van der Waals surface area contributed by atoms with Gasteiger partial charge in [0.15, 0.2) is 0 Å². The summed E-state index contributed by atoms with van der Waals surface area (Å²) in [6.07, 6.45) is 4.32. The largest absolute Gasteiger partial charge is 0.495 e. The number of nitrogens with zero attached hydrogens (tertiary/aromatic N) is 1. The summed E-state index contributed by atoms with van der Waals surface area (Å²) in [7, 11) is 3.30. The number of benzene rings is 1. The molecule has 6 heteroatoms. The second-order valence-corrected chi connectivity index (χ2v) is 5.00. The average Bonchev–Trinajstić information content (AvgIpc) is 2.48. The highest BCUT2D eigenvalue weighted by Gasteiger charge is 2.22. The molecule has 1 saturated carbocycles. The Balaban J connectivity index is 2.08. The number of hydrogen-bond donors (Lipinski definition) is 1. The van der Waals surface area contributed by atoms with Crippen molar-refractivity contribution in [2.75, 3.05) is 19.5 Å². The molecule has 0 amide bonds. The van der Waals surface area contributed by atoms with Crippen molar-refractivity contribution in [3.8, 4) is 5.75 Å². The van der Waals surface area contributed by atoms with Gasteiger partial charge in [-0.05, 0) is 31.7 Å². The van der Waals surface area contributed by atoms with Crippen LogP contribution in [0.5, 0.6) is 5.75 Å². The molecule has 1 aliphatic carbocycles. The number of methoxy groups -OCH3 is 2. The van der Waals surface area contributed by atoms with Crippen molar-refractivity contribution in [2.24, 2.45) is 0 Å². The van der Waals surface area contributed by atoms with E-state index in [1.807, 2.05) is 0 Å². The van der Waals surface area contributed by atoms with E-state index in [9.17, 15) is 10.1 Å². The van der Waals surface area contributed by atoms with E-state index in [0.29, 0.717) is 23.6 Å². The number of nitrogens with one attached hydrogen (secondary N) is 1. The van der Waals surface area contributed by atoms with Crippen LogP contribution in [0.15, 0.2) is 18.2 Å². The van der Waals surface area contributed by atoms with Gasteiger partial charge in [0.1, 0.15) is 5.75 Å². The van der Waals surface area contributed by atoms with Crippen LogP contribution in [0, 0.1) is 10.1 Å². The summed E-state index contributed by atoms with van der Waals surface area (Å²) in [4.78, 5) is 10.5. The number of nitro benzene ring substituents is 1. The summed E-state index contributed by atoms with van der Waals surface area (Å²) >= 11 is 0. The smallest absolute Gasteiger partial charge is 0.271 e. The Hall–Kier alpha value is -1.82. The third kappa shape index (κ3) is 3.39. The standard InChI is InChI=1S/C14H20N2O4/c1-19-12-6-3-10(4-7-12)15-13-9-11(16(17)18)5-8-14(13)20-2/h5,8-10,12,15H,3-4,6-7H2,1-2H3. The van der Waals surface area contributed by atoms with E-state index < -0.39 is 4.92 Å². The van der Waals surface area contributed by atoms with Gasteiger partial charge < -0.3 is 14.8 Å². The van der Waals surface area contributed by atoms with Crippen molar-refractivity contribution in [3.05, 3.63) is 28.3 Å². The average molecular weight is 280 g/mol. The molecule has 6 nitrogen and oxygen atoms in total. The lowest BCUT2D eigenvalue weighted by molar-refractivity contribution is -0.384. The lowest BCUT2D eigenvalue weighted by atomic mass is 9.93. The van der Waals surface area contributed by atoms with Crippen molar-refractivity contribution >= 4 is 11.4 Å². The molecule has 1 aliphatic rings. The molecule has 1 fully saturated rings. The minimum atomic E-state index is -0.396. The Kier molecular flexibility index (Phi) is 4.79. The van der Waals surface area contributed by atoms with E-state index in [0.717, 1.165) is 25.7 Å². The highest BCUT2D eigenvalue weighted by atomic mass is 16.6. The van der Waals surface area contributed by atoms with E-state index in [-0.39, 0.29) is 5.69 Å². The van der Waals surface area contributed by atoms with E-state index in [1.54, 1.807) is 20.3 Å². The molecule has 0 radical (unpaired) electrons. The summed E-state index contributed by atoms with van der Waals surface area (Å²) in [5.74, 6) is 0.629. The van der Waals surface area contributed by atoms with Crippen molar-refractivity contribution in [2.45, 2.75) is 37.8 Å². The normalized spacial score (nSPS) is 22.3. The zero-order valence-corrected chi connectivity index (χ0v) is 11.8. The van der Waals surface area contributed by atoms with Crippen LogP contribution >= 0.6 is 0 Å². The van der Waals surface area contributed by atoms with Crippen molar-refractivity contribution < 1.29 is 14.4 Å². The van der Waals surface area contributed by atoms with E-state index >= 15 is 0 Å². The predicted octanol–water partition coefficient (Wildman–Crippen LogP) is 2.97. The molecule has 20 heavy (non-hydrogen) atoms.